The Balaban J connectivity index is 1.72. The van der Waals surface area contributed by atoms with Crippen molar-refractivity contribution >= 4 is 23.1 Å². The fourth-order valence-corrected chi connectivity index (χ4v) is 2.59. The van der Waals surface area contributed by atoms with Crippen LogP contribution in [0.4, 0.5) is 5.69 Å². The van der Waals surface area contributed by atoms with Gasteiger partial charge in [0.1, 0.15) is 12.7 Å². The third kappa shape index (κ3) is 3.05. The smallest absolute Gasteiger partial charge is 0.177 e. The Hall–Kier alpha value is -4.25. The molecule has 0 aliphatic heterocycles. The lowest BCUT2D eigenvalue weighted by atomic mass is 10.2. The molecule has 2 aromatic carbocycles. The van der Waals surface area contributed by atoms with Gasteiger partial charge < -0.3 is 5.73 Å². The molecule has 0 fully saturated rings. The van der Waals surface area contributed by atoms with E-state index in [0.717, 1.165) is 11.3 Å². The summed E-state index contributed by atoms with van der Waals surface area (Å²) in [4.78, 5) is 8.69. The van der Waals surface area contributed by atoms with E-state index in [2.05, 4.69) is 21.1 Å². The molecule has 0 atom stereocenters. The first-order chi connectivity index (χ1) is 13.2. The maximum absolute atomic E-state index is 8.92. The van der Waals surface area contributed by atoms with E-state index in [1.807, 2.05) is 24.3 Å². The summed E-state index contributed by atoms with van der Waals surface area (Å²) in [7, 11) is 0. The second-order valence-corrected chi connectivity index (χ2v) is 5.79. The number of benzene rings is 2. The van der Waals surface area contributed by atoms with E-state index >= 15 is 0 Å². The molecule has 8 nitrogen and oxygen atoms in total. The fraction of sp³-hybridized carbons (Fsp3) is 0. The number of nitrogens with one attached hydrogen (secondary N) is 1. The first-order valence-corrected chi connectivity index (χ1v) is 8.05. The lowest BCUT2D eigenvalue weighted by Gasteiger charge is -2.04. The molecule has 0 amide bonds. The first-order valence-electron chi connectivity index (χ1n) is 8.05. The number of nitriles is 1. The fourth-order valence-electron chi connectivity index (χ4n) is 2.59. The Morgan fingerprint density at radius 3 is 2.48 bits per heavy atom. The van der Waals surface area contributed by atoms with Gasteiger partial charge in [0, 0.05) is 11.4 Å². The Morgan fingerprint density at radius 2 is 1.78 bits per heavy atom. The second-order valence-electron chi connectivity index (χ2n) is 5.79. The van der Waals surface area contributed by atoms with E-state index in [0.29, 0.717) is 22.4 Å². The van der Waals surface area contributed by atoms with E-state index < -0.39 is 0 Å². The van der Waals surface area contributed by atoms with Gasteiger partial charge >= 0.3 is 0 Å². The van der Waals surface area contributed by atoms with E-state index in [1.54, 1.807) is 41.4 Å². The quantitative estimate of drug-likeness (QED) is 0.432. The number of anilines is 1. The van der Waals surface area contributed by atoms with Crippen LogP contribution in [-0.2, 0) is 0 Å². The molecule has 2 aromatic heterocycles. The summed E-state index contributed by atoms with van der Waals surface area (Å²) in [5, 5.41) is 21.5. The third-order valence-corrected chi connectivity index (χ3v) is 4.03. The van der Waals surface area contributed by atoms with E-state index in [9.17, 15) is 0 Å². The van der Waals surface area contributed by atoms with Gasteiger partial charge in [0.25, 0.3) is 0 Å². The summed E-state index contributed by atoms with van der Waals surface area (Å²) in [5.74, 6) is 0. The van der Waals surface area contributed by atoms with E-state index in [-0.39, 0.29) is 5.49 Å². The number of imidazole rings is 1. The molecule has 0 radical (unpaired) electrons. The lowest BCUT2D eigenvalue weighted by molar-refractivity contribution is 0.779. The average Bonchev–Trinajstić information content (AvgIpc) is 3.14. The Bertz CT molecular complexity index is 1240. The van der Waals surface area contributed by atoms with Crippen molar-refractivity contribution in [1.29, 1.82) is 10.7 Å². The van der Waals surface area contributed by atoms with Crippen molar-refractivity contribution in [1.82, 2.24) is 19.2 Å². The summed E-state index contributed by atoms with van der Waals surface area (Å²) in [6.07, 6.45) is 4.70. The van der Waals surface area contributed by atoms with Gasteiger partial charge in [0.05, 0.1) is 17.8 Å². The second kappa shape index (κ2) is 6.57. The van der Waals surface area contributed by atoms with Gasteiger partial charge in [-0.2, -0.15) is 10.4 Å². The Kier molecular flexibility index (Phi) is 3.95. The number of rotatable bonds is 3. The van der Waals surface area contributed by atoms with Crippen LogP contribution in [0.1, 0.15) is 11.1 Å². The molecule has 0 bridgehead atoms. The molecule has 0 spiro atoms. The predicted molar refractivity (Wildman–Crippen MR) is 101 cm³/mol. The standard InChI is InChI=1S/C19H14N8/c20-9-13-3-7-16(8-4-13)26-11-23-17-18(22)27(12-24-19(17)26)25-10-14-1-5-15(21)6-2-14/h1-8,10-12,22H,21H2. The van der Waals surface area contributed by atoms with Crippen LogP contribution in [0.15, 0.2) is 66.3 Å². The van der Waals surface area contributed by atoms with Crippen LogP contribution in [0.2, 0.25) is 0 Å². The normalized spacial score (nSPS) is 11.1. The predicted octanol–water partition coefficient (Wildman–Crippen LogP) is 2.04. The Morgan fingerprint density at radius 1 is 1.04 bits per heavy atom. The molecule has 4 rings (SSSR count). The lowest BCUT2D eigenvalue weighted by Crippen LogP contribution is -2.18. The van der Waals surface area contributed by atoms with Crippen molar-refractivity contribution in [2.45, 2.75) is 0 Å². The molecule has 2 heterocycles. The van der Waals surface area contributed by atoms with Crippen molar-refractivity contribution < 1.29 is 0 Å². The first kappa shape index (κ1) is 16.2. The minimum absolute atomic E-state index is 0.124. The van der Waals surface area contributed by atoms with Gasteiger partial charge in [0.15, 0.2) is 16.7 Å². The van der Waals surface area contributed by atoms with Crippen LogP contribution < -0.4 is 11.2 Å². The summed E-state index contributed by atoms with van der Waals surface area (Å²) in [6.45, 7) is 0. The average molecular weight is 354 g/mol. The van der Waals surface area contributed by atoms with Crippen LogP contribution in [0.25, 0.3) is 16.9 Å². The summed E-state index contributed by atoms with van der Waals surface area (Å²) in [6, 6.07) is 16.4. The topological polar surface area (TPSA) is 122 Å². The van der Waals surface area contributed by atoms with Crippen molar-refractivity contribution in [3.8, 4) is 11.8 Å². The number of hydrogen-bond donors (Lipinski definition) is 2. The summed E-state index contributed by atoms with van der Waals surface area (Å²) >= 11 is 0. The van der Waals surface area contributed by atoms with Crippen molar-refractivity contribution in [2.75, 3.05) is 5.73 Å². The number of fused-ring (bicyclic) bond motifs is 1. The molecule has 0 aliphatic carbocycles. The monoisotopic (exact) mass is 354 g/mol. The highest BCUT2D eigenvalue weighted by Crippen LogP contribution is 2.14. The van der Waals surface area contributed by atoms with Gasteiger partial charge in [-0.3, -0.25) is 9.98 Å². The van der Waals surface area contributed by atoms with Crippen LogP contribution in [0.3, 0.4) is 0 Å². The molecule has 0 saturated carbocycles. The van der Waals surface area contributed by atoms with Crippen molar-refractivity contribution in [3.05, 3.63) is 77.8 Å². The molecule has 130 valence electrons. The van der Waals surface area contributed by atoms with Crippen LogP contribution in [0.5, 0.6) is 0 Å². The van der Waals surface area contributed by atoms with E-state index in [4.69, 9.17) is 16.4 Å². The van der Waals surface area contributed by atoms with Gasteiger partial charge in [0.2, 0.25) is 0 Å². The minimum atomic E-state index is 0.124. The molecule has 0 unspecified atom stereocenters. The highest BCUT2D eigenvalue weighted by atomic mass is 15.4. The maximum Gasteiger partial charge on any atom is 0.177 e. The van der Waals surface area contributed by atoms with Gasteiger partial charge in [-0.25, -0.2) is 14.6 Å². The van der Waals surface area contributed by atoms with Crippen LogP contribution in [-0.4, -0.2) is 25.4 Å². The highest BCUT2D eigenvalue weighted by molar-refractivity contribution is 5.80. The zero-order chi connectivity index (χ0) is 18.8. The number of nitrogens with two attached hydrogens (primary N) is 1. The molecule has 3 N–H and O–H groups in total. The molecule has 4 aromatic rings. The van der Waals surface area contributed by atoms with Gasteiger partial charge in [-0.15, -0.1) is 0 Å². The van der Waals surface area contributed by atoms with Gasteiger partial charge in [-0.1, -0.05) is 12.1 Å². The molecule has 0 saturated heterocycles. The molecular weight excluding hydrogens is 340 g/mol. The molecule has 27 heavy (non-hydrogen) atoms. The summed E-state index contributed by atoms with van der Waals surface area (Å²) in [5.41, 5.74) is 9.69. The number of hydrogen-bond acceptors (Lipinski definition) is 6. The third-order valence-electron chi connectivity index (χ3n) is 4.03. The molecular formula is C19H14N8. The van der Waals surface area contributed by atoms with Crippen LogP contribution in [0, 0.1) is 16.7 Å². The number of nitrogen functional groups attached to an aromatic ring is 1. The maximum atomic E-state index is 8.92. The van der Waals surface area contributed by atoms with E-state index in [1.165, 1.54) is 11.0 Å². The molecule has 0 aliphatic rings. The van der Waals surface area contributed by atoms with Crippen LogP contribution >= 0.6 is 0 Å². The van der Waals surface area contributed by atoms with Gasteiger partial charge in [-0.05, 0) is 42.0 Å². The summed E-state index contributed by atoms with van der Waals surface area (Å²) < 4.78 is 3.12. The largest absolute Gasteiger partial charge is 0.399 e. The van der Waals surface area contributed by atoms with Crippen molar-refractivity contribution in [3.63, 3.8) is 0 Å². The zero-order valence-electron chi connectivity index (χ0n) is 14.1. The highest BCUT2D eigenvalue weighted by Gasteiger charge is 2.09. The number of aromatic nitrogens is 4. The SMILES string of the molecule is N#Cc1ccc(-n2cnc3c(=N)n(N=Cc4ccc(N)cc4)cnc32)cc1. The molecule has 8 heteroatoms. The number of nitrogens with zero attached hydrogens (tertiary/aromatic N) is 6. The zero-order valence-corrected chi connectivity index (χ0v) is 14.1. The Labute approximate surface area is 154 Å². The van der Waals surface area contributed by atoms with Crippen molar-refractivity contribution in [2.24, 2.45) is 5.10 Å². The minimum Gasteiger partial charge on any atom is -0.399 e.